The van der Waals surface area contributed by atoms with Crippen molar-refractivity contribution in [3.05, 3.63) is 11.1 Å². The van der Waals surface area contributed by atoms with E-state index in [1.807, 2.05) is 6.21 Å². The molecule has 0 aromatic rings. The van der Waals surface area contributed by atoms with Gasteiger partial charge in [-0.25, -0.2) is 0 Å². The summed E-state index contributed by atoms with van der Waals surface area (Å²) in [4.78, 5) is 0. The Balaban J connectivity index is 1.64. The minimum absolute atomic E-state index is 0.172. The third kappa shape index (κ3) is 4.44. The molecule has 3 saturated carbocycles. The van der Waals surface area contributed by atoms with Crippen LogP contribution in [0.3, 0.4) is 0 Å². The average molecular weight is 487 g/mol. The predicted octanol–water partition coefficient (Wildman–Crippen LogP) is 6.66. The van der Waals surface area contributed by atoms with Crippen LogP contribution in [0.5, 0.6) is 0 Å². The van der Waals surface area contributed by atoms with Crippen LogP contribution in [0.2, 0.25) is 0 Å². The summed E-state index contributed by atoms with van der Waals surface area (Å²) in [7, 11) is 0. The molecule has 0 saturated heterocycles. The highest BCUT2D eigenvalue weighted by atomic mass is 32.1. The number of oxime groups is 1. The minimum Gasteiger partial charge on any atom is -0.411 e. The summed E-state index contributed by atoms with van der Waals surface area (Å²) in [6, 6.07) is 0. The van der Waals surface area contributed by atoms with E-state index in [4.69, 9.17) is 18.0 Å². The van der Waals surface area contributed by atoms with Crippen LogP contribution >= 0.6 is 12.2 Å². The van der Waals surface area contributed by atoms with Gasteiger partial charge in [-0.05, 0) is 103 Å². The van der Waals surface area contributed by atoms with Crippen LogP contribution in [0.15, 0.2) is 21.4 Å². The first kappa shape index (κ1) is 25.7. The fourth-order valence-electron chi connectivity index (χ4n) is 8.82. The Morgan fingerprint density at radius 3 is 2.62 bits per heavy atom. The fraction of sp³-hybridized carbons (Fsp3) is 0.821. The van der Waals surface area contributed by atoms with Gasteiger partial charge < -0.3 is 10.9 Å². The van der Waals surface area contributed by atoms with Crippen LogP contribution in [0.1, 0.15) is 98.8 Å². The number of nitrogens with one attached hydrogen (secondary N) is 1. The van der Waals surface area contributed by atoms with E-state index >= 15 is 0 Å². The van der Waals surface area contributed by atoms with Crippen LogP contribution in [0.25, 0.3) is 0 Å². The maximum atomic E-state index is 9.57. The van der Waals surface area contributed by atoms with Gasteiger partial charge in [-0.15, -0.1) is 0 Å². The number of nitrogens with two attached hydrogens (primary N) is 1. The summed E-state index contributed by atoms with van der Waals surface area (Å²) >= 11 is 5.00. The number of fused-ring (bicyclic) bond motifs is 5. The van der Waals surface area contributed by atoms with Crippen molar-refractivity contribution in [3.63, 3.8) is 0 Å². The number of thiocarbonyl (C=S) groups is 1. The van der Waals surface area contributed by atoms with Crippen molar-refractivity contribution in [1.29, 1.82) is 0 Å². The van der Waals surface area contributed by atoms with Crippen molar-refractivity contribution in [2.75, 3.05) is 0 Å². The Kier molecular flexibility index (Phi) is 7.48. The molecule has 4 aliphatic carbocycles. The number of allylic oxidation sites excluding steroid dienone is 2. The standard InChI is InChI=1S/C28H46N4OS/c1-17(2)7-6-8-18(3)21-9-10-22-25-20(16-30-31-26(29)34)24-15-19(32-33)11-13-28(24,5)23(25)12-14-27(21,22)4/h16-18,21-23,25,33H,6-15H2,1-5H3,(H3,29,31,34)/b30-16+,32-19-/t18-,21-,22+,23+,25+,27-,28-/m1/s1. The molecular formula is C28H46N4OS. The maximum absolute atomic E-state index is 9.57. The molecule has 0 radical (unpaired) electrons. The molecule has 0 unspecified atom stereocenters. The van der Waals surface area contributed by atoms with E-state index in [-0.39, 0.29) is 10.5 Å². The van der Waals surface area contributed by atoms with Crippen molar-refractivity contribution < 1.29 is 5.21 Å². The lowest BCUT2D eigenvalue weighted by Gasteiger charge is -2.52. The molecule has 4 rings (SSSR count). The zero-order valence-electron chi connectivity index (χ0n) is 21.9. The summed E-state index contributed by atoms with van der Waals surface area (Å²) < 4.78 is 0. The molecule has 190 valence electrons. The van der Waals surface area contributed by atoms with Gasteiger partial charge in [0.05, 0.1) is 11.9 Å². The second-order valence-electron chi connectivity index (χ2n) is 12.7. The highest BCUT2D eigenvalue weighted by Crippen LogP contribution is 2.69. The van der Waals surface area contributed by atoms with Gasteiger partial charge in [-0.1, -0.05) is 64.6 Å². The molecule has 0 aromatic heterocycles. The third-order valence-electron chi connectivity index (χ3n) is 10.5. The molecule has 0 aromatic carbocycles. The topological polar surface area (TPSA) is 83.0 Å². The molecular weight excluding hydrogens is 440 g/mol. The maximum Gasteiger partial charge on any atom is 0.184 e. The van der Waals surface area contributed by atoms with Gasteiger partial charge in [-0.2, -0.15) is 5.10 Å². The van der Waals surface area contributed by atoms with E-state index in [0.717, 1.165) is 42.7 Å². The SMILES string of the molecule is CC(C)CCC[C@@H](C)[C@H]1CC[C@H]2[C@@H]3C(/C=N/NC(N)=S)=C4C/C(=N\O)CC[C@]4(C)[C@H]3CC[C@]12C. The monoisotopic (exact) mass is 486 g/mol. The van der Waals surface area contributed by atoms with E-state index in [0.29, 0.717) is 23.2 Å². The Bertz CT molecular complexity index is 880. The second-order valence-corrected chi connectivity index (χ2v) is 13.1. The van der Waals surface area contributed by atoms with Gasteiger partial charge in [0.2, 0.25) is 0 Å². The molecule has 0 bridgehead atoms. The summed E-state index contributed by atoms with van der Waals surface area (Å²) in [6.07, 6.45) is 14.1. The molecule has 3 fully saturated rings. The highest BCUT2D eigenvalue weighted by Gasteiger charge is 2.62. The van der Waals surface area contributed by atoms with Gasteiger partial charge in [0, 0.05) is 6.42 Å². The van der Waals surface area contributed by atoms with Gasteiger partial charge in [0.1, 0.15) is 0 Å². The predicted molar refractivity (Wildman–Crippen MR) is 145 cm³/mol. The molecule has 6 heteroatoms. The van der Waals surface area contributed by atoms with Crippen LogP contribution in [-0.2, 0) is 0 Å². The zero-order valence-corrected chi connectivity index (χ0v) is 22.8. The van der Waals surface area contributed by atoms with Gasteiger partial charge in [-0.3, -0.25) is 5.43 Å². The Morgan fingerprint density at radius 1 is 1.18 bits per heavy atom. The molecule has 4 N–H and O–H groups in total. The smallest absolute Gasteiger partial charge is 0.184 e. The normalized spacial score (nSPS) is 39.4. The van der Waals surface area contributed by atoms with E-state index in [1.54, 1.807) is 0 Å². The Labute approximate surface area is 212 Å². The lowest BCUT2D eigenvalue weighted by molar-refractivity contribution is -0.0122. The van der Waals surface area contributed by atoms with Crippen LogP contribution < -0.4 is 11.2 Å². The van der Waals surface area contributed by atoms with Crippen molar-refractivity contribution in [3.8, 4) is 0 Å². The number of nitrogens with zero attached hydrogens (tertiary/aromatic N) is 2. The van der Waals surface area contributed by atoms with E-state index in [9.17, 15) is 5.21 Å². The summed E-state index contributed by atoms with van der Waals surface area (Å²) in [6.45, 7) is 12.3. The van der Waals surface area contributed by atoms with Crippen molar-refractivity contribution in [2.24, 2.45) is 62.3 Å². The Morgan fingerprint density at radius 2 is 1.94 bits per heavy atom. The van der Waals surface area contributed by atoms with Gasteiger partial charge in [0.15, 0.2) is 5.11 Å². The first-order valence-corrected chi connectivity index (χ1v) is 14.0. The van der Waals surface area contributed by atoms with E-state index in [1.165, 1.54) is 56.1 Å². The first-order valence-electron chi connectivity index (χ1n) is 13.6. The lowest BCUT2D eigenvalue weighted by atomic mass is 9.52. The number of hydrogen-bond acceptors (Lipinski definition) is 4. The van der Waals surface area contributed by atoms with E-state index in [2.05, 4.69) is 50.3 Å². The molecule has 0 spiro atoms. The van der Waals surface area contributed by atoms with Gasteiger partial charge in [0.25, 0.3) is 0 Å². The second kappa shape index (κ2) is 9.91. The largest absolute Gasteiger partial charge is 0.411 e. The zero-order chi connectivity index (χ0) is 24.7. The van der Waals surface area contributed by atoms with Crippen LogP contribution in [-0.4, -0.2) is 22.2 Å². The van der Waals surface area contributed by atoms with Crippen molar-refractivity contribution >= 4 is 29.3 Å². The van der Waals surface area contributed by atoms with Crippen molar-refractivity contribution in [1.82, 2.24) is 5.43 Å². The van der Waals surface area contributed by atoms with Crippen LogP contribution in [0.4, 0.5) is 0 Å². The Hall–Kier alpha value is -1.43. The molecule has 34 heavy (non-hydrogen) atoms. The quantitative estimate of drug-likeness (QED) is 0.163. The number of rotatable bonds is 7. The van der Waals surface area contributed by atoms with Gasteiger partial charge >= 0.3 is 0 Å². The summed E-state index contributed by atoms with van der Waals surface area (Å²) in [5.74, 6) is 4.28. The highest BCUT2D eigenvalue weighted by molar-refractivity contribution is 7.80. The number of hydrazone groups is 1. The van der Waals surface area contributed by atoms with Crippen molar-refractivity contribution in [2.45, 2.75) is 98.8 Å². The fourth-order valence-corrected chi connectivity index (χ4v) is 8.87. The lowest BCUT2D eigenvalue weighted by Crippen LogP contribution is -2.45. The van der Waals surface area contributed by atoms with Crippen LogP contribution in [0, 0.1) is 46.3 Å². The minimum atomic E-state index is 0.172. The summed E-state index contributed by atoms with van der Waals surface area (Å²) in [5.41, 5.74) is 12.8. The molecule has 0 amide bonds. The molecule has 4 aliphatic rings. The summed E-state index contributed by atoms with van der Waals surface area (Å²) in [5, 5.41) is 17.9. The average Bonchev–Trinajstić information content (AvgIpc) is 3.24. The first-order chi connectivity index (χ1) is 16.1. The molecule has 0 heterocycles. The number of hydrogen-bond donors (Lipinski definition) is 3. The molecule has 7 atom stereocenters. The molecule has 5 nitrogen and oxygen atoms in total. The van der Waals surface area contributed by atoms with E-state index < -0.39 is 0 Å². The third-order valence-corrected chi connectivity index (χ3v) is 10.6. The molecule has 0 aliphatic heterocycles.